The van der Waals surface area contributed by atoms with Gasteiger partial charge in [-0.3, -0.25) is 9.59 Å². The molecule has 166 valence electrons. The van der Waals surface area contributed by atoms with Crippen molar-refractivity contribution in [2.24, 2.45) is 23.2 Å². The lowest BCUT2D eigenvalue weighted by Crippen LogP contribution is -2.61. The van der Waals surface area contributed by atoms with Gasteiger partial charge in [0.2, 0.25) is 0 Å². The zero-order chi connectivity index (χ0) is 22.2. The largest absolute Gasteiger partial charge is 0.508 e. The number of amides is 1. The van der Waals surface area contributed by atoms with Crippen LogP contribution < -0.4 is 5.32 Å². The maximum Gasteiger partial charge on any atom is 0.303 e. The van der Waals surface area contributed by atoms with E-state index < -0.39 is 5.97 Å². The van der Waals surface area contributed by atoms with E-state index in [1.165, 1.54) is 17.8 Å². The zero-order valence-electron chi connectivity index (χ0n) is 18.1. The van der Waals surface area contributed by atoms with Crippen LogP contribution in [-0.4, -0.2) is 28.1 Å². The maximum absolute atomic E-state index is 13.1. The van der Waals surface area contributed by atoms with Gasteiger partial charge >= 0.3 is 5.97 Å². The highest BCUT2D eigenvalue weighted by Crippen LogP contribution is 2.62. The third kappa shape index (κ3) is 4.36. The summed E-state index contributed by atoms with van der Waals surface area (Å²) in [5.41, 5.74) is 0.946. The number of allylic oxidation sites excluding steroid dienone is 2. The average molecular weight is 442 g/mol. The number of thiophene rings is 1. The molecule has 1 heterocycles. The SMILES string of the molecule is CC1(C)[C@H]2C[C@@H]1[C@H](CC=CCCCC(=O)O)[C@H](NC(=O)c1csc3ccc(O)cc13)C2. The van der Waals surface area contributed by atoms with E-state index >= 15 is 0 Å². The summed E-state index contributed by atoms with van der Waals surface area (Å²) in [7, 11) is 0. The van der Waals surface area contributed by atoms with Gasteiger partial charge in [0.25, 0.3) is 5.91 Å². The number of carbonyl (C=O) groups is 2. The van der Waals surface area contributed by atoms with Crippen molar-refractivity contribution in [3.05, 3.63) is 41.3 Å². The van der Waals surface area contributed by atoms with Crippen LogP contribution in [0.5, 0.6) is 5.75 Å². The van der Waals surface area contributed by atoms with Crippen molar-refractivity contribution in [1.82, 2.24) is 5.32 Å². The van der Waals surface area contributed by atoms with Crippen molar-refractivity contribution >= 4 is 33.3 Å². The Bertz CT molecular complexity index is 1010. The minimum atomic E-state index is -0.750. The molecule has 1 aromatic heterocycles. The number of carbonyl (C=O) groups excluding carboxylic acids is 1. The average Bonchev–Trinajstić information content (AvgIpc) is 3.13. The van der Waals surface area contributed by atoms with Crippen molar-refractivity contribution < 1.29 is 19.8 Å². The van der Waals surface area contributed by atoms with Crippen LogP contribution in [0.3, 0.4) is 0 Å². The molecule has 0 aliphatic heterocycles. The van der Waals surface area contributed by atoms with Gasteiger partial charge in [0.15, 0.2) is 0 Å². The first-order chi connectivity index (χ1) is 14.8. The van der Waals surface area contributed by atoms with Gasteiger partial charge in [0, 0.05) is 27.9 Å². The predicted molar refractivity (Wildman–Crippen MR) is 123 cm³/mol. The highest BCUT2D eigenvalue weighted by atomic mass is 32.1. The van der Waals surface area contributed by atoms with Gasteiger partial charge in [0.05, 0.1) is 5.56 Å². The van der Waals surface area contributed by atoms with Crippen LogP contribution in [0.1, 0.15) is 62.7 Å². The minimum Gasteiger partial charge on any atom is -0.508 e. The number of unbranched alkanes of at least 4 members (excludes halogenated alkanes) is 1. The Labute approximate surface area is 187 Å². The van der Waals surface area contributed by atoms with Crippen LogP contribution in [0.15, 0.2) is 35.7 Å². The molecule has 0 radical (unpaired) electrons. The standard InChI is InChI=1S/C25H31NO4S/c1-25(2)15-11-20(25)17(7-5-3-4-6-8-23(28)29)21(12-15)26-24(30)19-14-31-22-10-9-16(27)13-18(19)22/h3,5,9-10,13-15,17,20-21,27H,4,6-8,11-12H2,1-2H3,(H,26,30)(H,28,29)/t15-,17-,20+,21+/m0/s1. The highest BCUT2D eigenvalue weighted by molar-refractivity contribution is 7.17. The van der Waals surface area contributed by atoms with Crippen LogP contribution in [-0.2, 0) is 4.79 Å². The fourth-order valence-electron chi connectivity index (χ4n) is 5.62. The second kappa shape index (κ2) is 8.65. The number of phenolic OH excluding ortho intramolecular Hbond substituents is 1. The first kappa shape index (κ1) is 21.9. The molecule has 0 unspecified atom stereocenters. The summed E-state index contributed by atoms with van der Waals surface area (Å²) in [5.74, 6) is 0.978. The Morgan fingerprint density at radius 3 is 2.81 bits per heavy atom. The summed E-state index contributed by atoms with van der Waals surface area (Å²) < 4.78 is 0.997. The number of nitrogens with one attached hydrogen (secondary N) is 1. The van der Waals surface area contributed by atoms with Crippen LogP contribution in [0.4, 0.5) is 0 Å². The molecule has 5 nitrogen and oxygen atoms in total. The number of hydrogen-bond donors (Lipinski definition) is 3. The Morgan fingerprint density at radius 2 is 2.06 bits per heavy atom. The lowest BCUT2D eigenvalue weighted by atomic mass is 9.44. The normalized spacial score (nSPS) is 26.6. The lowest BCUT2D eigenvalue weighted by Gasteiger charge is -2.62. The van der Waals surface area contributed by atoms with Gasteiger partial charge in [0.1, 0.15) is 5.75 Å². The molecule has 3 saturated carbocycles. The second-order valence-corrected chi connectivity index (χ2v) is 10.6. The molecule has 1 aromatic carbocycles. The Kier molecular flexibility index (Phi) is 6.11. The monoisotopic (exact) mass is 441 g/mol. The van der Waals surface area contributed by atoms with Crippen LogP contribution >= 0.6 is 11.3 Å². The molecular formula is C25H31NO4S. The summed E-state index contributed by atoms with van der Waals surface area (Å²) in [5, 5.41) is 24.6. The summed E-state index contributed by atoms with van der Waals surface area (Å²) in [6, 6.07) is 5.30. The quantitative estimate of drug-likeness (QED) is 0.368. The van der Waals surface area contributed by atoms with Crippen LogP contribution in [0, 0.1) is 23.2 Å². The first-order valence-electron chi connectivity index (χ1n) is 11.1. The number of hydrogen-bond acceptors (Lipinski definition) is 4. The van der Waals surface area contributed by atoms with E-state index in [0.717, 1.165) is 29.3 Å². The lowest BCUT2D eigenvalue weighted by molar-refractivity contribution is -0.137. The molecule has 0 spiro atoms. The third-order valence-electron chi connectivity index (χ3n) is 7.57. The van der Waals surface area contributed by atoms with Crippen molar-refractivity contribution in [3.8, 4) is 5.75 Å². The Balaban J connectivity index is 1.45. The van der Waals surface area contributed by atoms with Crippen molar-refractivity contribution in [2.75, 3.05) is 0 Å². The highest BCUT2D eigenvalue weighted by Gasteiger charge is 2.57. The first-order valence-corrected chi connectivity index (χ1v) is 12.0. The zero-order valence-corrected chi connectivity index (χ0v) is 19.0. The molecular weight excluding hydrogens is 410 g/mol. The fraction of sp³-hybridized carbons (Fsp3) is 0.520. The Hall–Kier alpha value is -2.34. The number of fused-ring (bicyclic) bond motifs is 3. The minimum absolute atomic E-state index is 0.0589. The molecule has 3 N–H and O–H groups in total. The third-order valence-corrected chi connectivity index (χ3v) is 8.54. The molecule has 2 aromatic rings. The fourth-order valence-corrected chi connectivity index (χ4v) is 6.54. The topological polar surface area (TPSA) is 86.6 Å². The molecule has 2 bridgehead atoms. The summed E-state index contributed by atoms with van der Waals surface area (Å²) in [6.07, 6.45) is 9.04. The van der Waals surface area contributed by atoms with Gasteiger partial charge in [-0.2, -0.15) is 0 Å². The van der Waals surface area contributed by atoms with Crippen molar-refractivity contribution in [3.63, 3.8) is 0 Å². The molecule has 4 atom stereocenters. The number of carboxylic acids is 1. The maximum atomic E-state index is 13.1. The number of aromatic hydroxyl groups is 1. The smallest absolute Gasteiger partial charge is 0.303 e. The Morgan fingerprint density at radius 1 is 1.26 bits per heavy atom. The van der Waals surface area contributed by atoms with Crippen molar-refractivity contribution in [2.45, 2.75) is 58.4 Å². The van der Waals surface area contributed by atoms with E-state index in [4.69, 9.17) is 5.11 Å². The second-order valence-electron chi connectivity index (χ2n) is 9.66. The summed E-state index contributed by atoms with van der Waals surface area (Å²) in [4.78, 5) is 23.8. The molecule has 1 amide bonds. The van der Waals surface area contributed by atoms with Crippen LogP contribution in [0.25, 0.3) is 10.1 Å². The van der Waals surface area contributed by atoms with Gasteiger partial charge in [-0.05, 0) is 73.5 Å². The van der Waals surface area contributed by atoms with E-state index in [1.807, 2.05) is 11.4 Å². The molecule has 3 aliphatic carbocycles. The number of phenols is 1. The number of carboxylic acid groups (broad SMARTS) is 1. The molecule has 3 fully saturated rings. The van der Waals surface area contributed by atoms with Gasteiger partial charge in [-0.1, -0.05) is 26.0 Å². The molecule has 6 heteroatoms. The molecule has 0 saturated heterocycles. The predicted octanol–water partition coefficient (Wildman–Crippen LogP) is 5.59. The number of benzene rings is 1. The number of aliphatic carboxylic acids is 1. The van der Waals surface area contributed by atoms with E-state index in [1.54, 1.807) is 12.1 Å². The molecule has 3 aliphatic rings. The summed E-state index contributed by atoms with van der Waals surface area (Å²) >= 11 is 1.52. The van der Waals surface area contributed by atoms with Crippen molar-refractivity contribution in [1.29, 1.82) is 0 Å². The van der Waals surface area contributed by atoms with E-state index in [9.17, 15) is 14.7 Å². The van der Waals surface area contributed by atoms with Gasteiger partial charge in [-0.15, -0.1) is 11.3 Å². The molecule has 31 heavy (non-hydrogen) atoms. The van der Waals surface area contributed by atoms with E-state index in [-0.39, 0.29) is 24.1 Å². The van der Waals surface area contributed by atoms with Crippen LogP contribution in [0.2, 0.25) is 0 Å². The number of rotatable bonds is 8. The van der Waals surface area contributed by atoms with Gasteiger partial charge < -0.3 is 15.5 Å². The van der Waals surface area contributed by atoms with Gasteiger partial charge in [-0.25, -0.2) is 0 Å². The van der Waals surface area contributed by atoms with E-state index in [2.05, 4.69) is 31.3 Å². The molecule has 5 rings (SSSR count). The summed E-state index contributed by atoms with van der Waals surface area (Å²) in [6.45, 7) is 4.70. The van der Waals surface area contributed by atoms with E-state index in [0.29, 0.717) is 35.2 Å².